The molecule has 0 saturated carbocycles. The van der Waals surface area contributed by atoms with Crippen molar-refractivity contribution in [3.63, 3.8) is 0 Å². The highest BCUT2D eigenvalue weighted by atomic mass is 16.5. The molecule has 5 nitrogen and oxygen atoms in total. The van der Waals surface area contributed by atoms with Gasteiger partial charge in [-0.15, -0.1) is 0 Å². The molecule has 0 aliphatic carbocycles. The Hall–Kier alpha value is -0.200. The van der Waals surface area contributed by atoms with Crippen molar-refractivity contribution in [2.24, 2.45) is 0 Å². The number of methoxy groups -OCH3 is 2. The van der Waals surface area contributed by atoms with Crippen LogP contribution in [0, 0.1) is 0 Å². The summed E-state index contributed by atoms with van der Waals surface area (Å²) >= 11 is 0. The molecule has 0 amide bonds. The van der Waals surface area contributed by atoms with Gasteiger partial charge in [-0.3, -0.25) is 0 Å². The summed E-state index contributed by atoms with van der Waals surface area (Å²) in [6, 6.07) is 0.437. The molecule has 0 saturated heterocycles. The summed E-state index contributed by atoms with van der Waals surface area (Å²) in [5.41, 5.74) is 0. The van der Waals surface area contributed by atoms with Gasteiger partial charge in [-0.25, -0.2) is 0 Å². The summed E-state index contributed by atoms with van der Waals surface area (Å²) in [6.45, 7) is 7.33. The second-order valence-electron chi connectivity index (χ2n) is 4.47. The predicted molar refractivity (Wildman–Crippen MR) is 76.7 cm³/mol. The molecule has 0 aliphatic heterocycles. The topological polar surface area (TPSA) is 49.0 Å². The van der Waals surface area contributed by atoms with Gasteiger partial charge >= 0.3 is 0 Å². The van der Waals surface area contributed by atoms with E-state index in [1.165, 1.54) is 0 Å². The Morgan fingerprint density at radius 1 is 0.895 bits per heavy atom. The van der Waals surface area contributed by atoms with Crippen LogP contribution >= 0.6 is 0 Å². The molecule has 0 fully saturated rings. The number of rotatable bonds is 15. The molecule has 116 valence electrons. The molecule has 0 aromatic heterocycles. The maximum atomic E-state index is 5.51. The third-order valence-electron chi connectivity index (χ3n) is 2.70. The van der Waals surface area contributed by atoms with Crippen LogP contribution in [0.25, 0.3) is 0 Å². The highest BCUT2D eigenvalue weighted by molar-refractivity contribution is 4.65. The molecule has 5 heteroatoms. The van der Waals surface area contributed by atoms with Crippen molar-refractivity contribution in [3.8, 4) is 0 Å². The Morgan fingerprint density at radius 2 is 1.58 bits per heavy atom. The van der Waals surface area contributed by atoms with Crippen molar-refractivity contribution in [1.82, 2.24) is 5.32 Å². The first kappa shape index (κ1) is 18.8. The van der Waals surface area contributed by atoms with Crippen LogP contribution in [0.1, 0.15) is 26.2 Å². The van der Waals surface area contributed by atoms with E-state index in [-0.39, 0.29) is 0 Å². The van der Waals surface area contributed by atoms with Crippen molar-refractivity contribution in [2.75, 3.05) is 60.4 Å². The molecule has 1 N–H and O–H groups in total. The van der Waals surface area contributed by atoms with E-state index in [9.17, 15) is 0 Å². The molecule has 0 aromatic carbocycles. The van der Waals surface area contributed by atoms with Crippen LogP contribution in [0.4, 0.5) is 0 Å². The quantitative estimate of drug-likeness (QED) is 0.459. The van der Waals surface area contributed by atoms with Gasteiger partial charge in [0.2, 0.25) is 0 Å². The van der Waals surface area contributed by atoms with Crippen LogP contribution in [-0.4, -0.2) is 66.4 Å². The van der Waals surface area contributed by atoms with E-state index < -0.39 is 0 Å². The zero-order valence-corrected chi connectivity index (χ0v) is 12.8. The normalized spacial score (nSPS) is 12.8. The first-order chi connectivity index (χ1) is 9.35. The summed E-state index contributed by atoms with van der Waals surface area (Å²) in [4.78, 5) is 0. The van der Waals surface area contributed by atoms with Gasteiger partial charge in [-0.1, -0.05) is 6.92 Å². The molecule has 1 unspecified atom stereocenters. The molecule has 1 atom stereocenters. The van der Waals surface area contributed by atoms with Crippen LogP contribution in [0.3, 0.4) is 0 Å². The van der Waals surface area contributed by atoms with E-state index in [1.54, 1.807) is 14.2 Å². The summed E-state index contributed by atoms with van der Waals surface area (Å²) in [5.74, 6) is 0. The fraction of sp³-hybridized carbons (Fsp3) is 1.00. The van der Waals surface area contributed by atoms with E-state index in [0.29, 0.717) is 32.5 Å². The van der Waals surface area contributed by atoms with Gasteiger partial charge < -0.3 is 24.3 Å². The molecule has 0 aromatic rings. The summed E-state index contributed by atoms with van der Waals surface area (Å²) < 4.78 is 20.9. The van der Waals surface area contributed by atoms with Crippen molar-refractivity contribution >= 4 is 0 Å². The van der Waals surface area contributed by atoms with E-state index in [2.05, 4.69) is 12.2 Å². The second kappa shape index (κ2) is 15.9. The molecule has 0 aliphatic rings. The lowest BCUT2D eigenvalue weighted by atomic mass is 10.1. The van der Waals surface area contributed by atoms with Crippen LogP contribution in [0.2, 0.25) is 0 Å². The van der Waals surface area contributed by atoms with Crippen molar-refractivity contribution in [1.29, 1.82) is 0 Å². The Morgan fingerprint density at radius 3 is 2.21 bits per heavy atom. The first-order valence-corrected chi connectivity index (χ1v) is 7.21. The maximum Gasteiger partial charge on any atom is 0.0701 e. The van der Waals surface area contributed by atoms with Crippen molar-refractivity contribution in [2.45, 2.75) is 32.2 Å². The zero-order chi connectivity index (χ0) is 14.2. The molecule has 19 heavy (non-hydrogen) atoms. The van der Waals surface area contributed by atoms with Crippen LogP contribution in [0.5, 0.6) is 0 Å². The highest BCUT2D eigenvalue weighted by Gasteiger charge is 2.06. The molecule has 0 bridgehead atoms. The second-order valence-corrected chi connectivity index (χ2v) is 4.47. The van der Waals surface area contributed by atoms with Gasteiger partial charge in [0, 0.05) is 26.9 Å². The third-order valence-corrected chi connectivity index (χ3v) is 2.70. The van der Waals surface area contributed by atoms with Crippen molar-refractivity contribution in [3.05, 3.63) is 0 Å². The van der Waals surface area contributed by atoms with Gasteiger partial charge in [0.15, 0.2) is 0 Å². The van der Waals surface area contributed by atoms with Crippen LogP contribution in [0.15, 0.2) is 0 Å². The maximum absolute atomic E-state index is 5.51. The zero-order valence-electron chi connectivity index (χ0n) is 12.8. The fourth-order valence-corrected chi connectivity index (χ4v) is 1.69. The largest absolute Gasteiger partial charge is 0.383 e. The Labute approximate surface area is 117 Å². The Bertz CT molecular complexity index is 170. The average Bonchev–Trinajstić information content (AvgIpc) is 2.42. The third kappa shape index (κ3) is 14.0. The van der Waals surface area contributed by atoms with Gasteiger partial charge in [0.1, 0.15) is 0 Å². The number of hydrogen-bond donors (Lipinski definition) is 1. The molecule has 0 radical (unpaired) electrons. The minimum Gasteiger partial charge on any atom is -0.383 e. The standard InChI is InChI=1S/C14H31NO4/c1-4-7-15-14(13-17-3)6-5-8-18-11-12-19-10-9-16-2/h14-15H,4-13H2,1-3H3. The highest BCUT2D eigenvalue weighted by Crippen LogP contribution is 1.99. The molecule has 0 rings (SSSR count). The molecule has 0 heterocycles. The smallest absolute Gasteiger partial charge is 0.0701 e. The predicted octanol–water partition coefficient (Wildman–Crippen LogP) is 1.46. The number of hydrogen-bond acceptors (Lipinski definition) is 5. The minimum absolute atomic E-state index is 0.437. The van der Waals surface area contributed by atoms with Gasteiger partial charge in [0.05, 0.1) is 33.0 Å². The Kier molecular flexibility index (Phi) is 15.7. The van der Waals surface area contributed by atoms with Crippen molar-refractivity contribution < 1.29 is 18.9 Å². The lowest BCUT2D eigenvalue weighted by Gasteiger charge is -2.17. The number of ether oxygens (including phenoxy) is 4. The van der Waals surface area contributed by atoms with Crippen LogP contribution < -0.4 is 5.32 Å². The summed E-state index contributed by atoms with van der Waals surface area (Å²) in [6.07, 6.45) is 3.27. The lowest BCUT2D eigenvalue weighted by molar-refractivity contribution is 0.0232. The van der Waals surface area contributed by atoms with E-state index in [1.807, 2.05) is 0 Å². The first-order valence-electron chi connectivity index (χ1n) is 7.21. The van der Waals surface area contributed by atoms with Crippen LogP contribution in [-0.2, 0) is 18.9 Å². The average molecular weight is 277 g/mol. The molecular formula is C14H31NO4. The minimum atomic E-state index is 0.437. The Balaban J connectivity index is 3.29. The summed E-state index contributed by atoms with van der Waals surface area (Å²) in [7, 11) is 3.41. The monoisotopic (exact) mass is 277 g/mol. The lowest BCUT2D eigenvalue weighted by Crippen LogP contribution is -2.34. The summed E-state index contributed by atoms with van der Waals surface area (Å²) in [5, 5.41) is 3.48. The van der Waals surface area contributed by atoms with Gasteiger partial charge in [-0.2, -0.15) is 0 Å². The van der Waals surface area contributed by atoms with Gasteiger partial charge in [0.25, 0.3) is 0 Å². The SMILES string of the molecule is CCCNC(CCCOCCOCCOC)COC. The van der Waals surface area contributed by atoms with E-state index in [0.717, 1.165) is 39.0 Å². The van der Waals surface area contributed by atoms with E-state index in [4.69, 9.17) is 18.9 Å². The number of nitrogens with one attached hydrogen (secondary N) is 1. The fourth-order valence-electron chi connectivity index (χ4n) is 1.69. The molecule has 0 spiro atoms. The van der Waals surface area contributed by atoms with Gasteiger partial charge in [-0.05, 0) is 25.8 Å². The molecular weight excluding hydrogens is 246 g/mol. The van der Waals surface area contributed by atoms with E-state index >= 15 is 0 Å².